The highest BCUT2D eigenvalue weighted by molar-refractivity contribution is 5.96. The molecular weight excluding hydrogens is 469 g/mol. The molecule has 1 saturated carbocycles. The van der Waals surface area contributed by atoms with Gasteiger partial charge in [0.05, 0.1) is 23.6 Å². The fourth-order valence-corrected chi connectivity index (χ4v) is 6.83. The second-order valence-corrected chi connectivity index (χ2v) is 11.0. The van der Waals surface area contributed by atoms with Gasteiger partial charge in [0.15, 0.2) is 0 Å². The van der Waals surface area contributed by atoms with E-state index in [2.05, 4.69) is 24.0 Å². The summed E-state index contributed by atoms with van der Waals surface area (Å²) >= 11 is 0. The predicted octanol–water partition coefficient (Wildman–Crippen LogP) is 6.70. The molecule has 3 fully saturated rings. The molecule has 3 atom stereocenters. The second kappa shape index (κ2) is 9.77. The van der Waals surface area contributed by atoms with Crippen molar-refractivity contribution in [3.05, 3.63) is 35.9 Å². The van der Waals surface area contributed by atoms with Crippen LogP contribution in [0.2, 0.25) is 0 Å². The van der Waals surface area contributed by atoms with Crippen LogP contribution in [0.25, 0.3) is 10.8 Å². The van der Waals surface area contributed by atoms with Crippen LogP contribution >= 0.6 is 0 Å². The Morgan fingerprint density at radius 2 is 1.72 bits per heavy atom. The van der Waals surface area contributed by atoms with Crippen LogP contribution in [0.1, 0.15) is 76.3 Å². The Morgan fingerprint density at radius 1 is 1.06 bits per heavy atom. The second-order valence-electron chi connectivity index (χ2n) is 11.0. The van der Waals surface area contributed by atoms with Gasteiger partial charge in [-0.15, -0.1) is 0 Å². The summed E-state index contributed by atoms with van der Waals surface area (Å²) in [6.45, 7) is 2.20. The highest BCUT2D eigenvalue weighted by atomic mass is 19.4. The first-order chi connectivity index (χ1) is 17.1. The molecule has 2 bridgehead atoms. The largest absolute Gasteiger partial charge is 0.488 e. The lowest BCUT2D eigenvalue weighted by Crippen LogP contribution is -2.53. The summed E-state index contributed by atoms with van der Waals surface area (Å²) in [6.07, 6.45) is 1.20. The minimum Gasteiger partial charge on any atom is -0.488 e. The van der Waals surface area contributed by atoms with E-state index in [1.54, 1.807) is 0 Å². The number of nitrogen functional groups attached to an aromatic ring is 1. The Hall–Kier alpha value is -2.48. The van der Waals surface area contributed by atoms with Gasteiger partial charge >= 0.3 is 12.1 Å². The van der Waals surface area contributed by atoms with Crippen LogP contribution in [0, 0.1) is 11.8 Å². The van der Waals surface area contributed by atoms with Gasteiger partial charge in [-0.05, 0) is 81.4 Å². The van der Waals surface area contributed by atoms with Crippen LogP contribution in [0.15, 0.2) is 30.3 Å². The topological polar surface area (TPSA) is 75.8 Å². The quantitative estimate of drug-likeness (QED) is 0.443. The SMILES string of the molecule is CC(c1ccc2c(N)c(O[C@H]3CC[C@@H](C(F)(F)F)CC3)ccc2c1)N1C2CCCC1CC(C(=O)O)C2. The molecule has 196 valence electrons. The molecule has 1 aliphatic carbocycles. The van der Waals surface area contributed by atoms with Crippen molar-refractivity contribution in [1.82, 2.24) is 4.90 Å². The van der Waals surface area contributed by atoms with Crippen LogP contribution in [0.5, 0.6) is 5.75 Å². The van der Waals surface area contributed by atoms with Gasteiger partial charge in [-0.1, -0.05) is 24.6 Å². The van der Waals surface area contributed by atoms with Crippen molar-refractivity contribution in [2.45, 2.75) is 95.1 Å². The molecule has 3 unspecified atom stereocenters. The highest BCUT2D eigenvalue weighted by Gasteiger charge is 2.43. The summed E-state index contributed by atoms with van der Waals surface area (Å²) in [4.78, 5) is 14.2. The van der Waals surface area contributed by atoms with E-state index < -0.39 is 18.1 Å². The number of benzene rings is 2. The number of carboxylic acids is 1. The van der Waals surface area contributed by atoms with E-state index in [4.69, 9.17) is 10.5 Å². The number of rotatable bonds is 5. The number of fused-ring (bicyclic) bond motifs is 3. The zero-order chi connectivity index (χ0) is 25.6. The number of nitrogens with zero attached hydrogens (tertiary/aromatic N) is 1. The van der Waals surface area contributed by atoms with E-state index in [-0.39, 0.29) is 43.0 Å². The fourth-order valence-electron chi connectivity index (χ4n) is 6.83. The predicted molar refractivity (Wildman–Crippen MR) is 133 cm³/mol. The molecule has 0 amide bonds. The number of hydrogen-bond donors (Lipinski definition) is 2. The fraction of sp³-hybridized carbons (Fsp3) is 0.607. The van der Waals surface area contributed by atoms with E-state index in [0.29, 0.717) is 37.1 Å². The molecule has 0 spiro atoms. The number of alkyl halides is 3. The molecule has 0 radical (unpaired) electrons. The van der Waals surface area contributed by atoms with Gasteiger partial charge in [-0.2, -0.15) is 13.2 Å². The average molecular weight is 505 g/mol. The van der Waals surface area contributed by atoms with Crippen molar-refractivity contribution in [2.24, 2.45) is 11.8 Å². The summed E-state index contributed by atoms with van der Waals surface area (Å²) in [5, 5.41) is 11.4. The summed E-state index contributed by atoms with van der Waals surface area (Å²) < 4.78 is 45.0. The summed E-state index contributed by atoms with van der Waals surface area (Å²) in [5.74, 6) is -1.63. The molecule has 8 heteroatoms. The Labute approximate surface area is 209 Å². The number of hydrogen-bond acceptors (Lipinski definition) is 4. The maximum atomic E-state index is 13.0. The zero-order valence-corrected chi connectivity index (χ0v) is 20.6. The van der Waals surface area contributed by atoms with E-state index >= 15 is 0 Å². The van der Waals surface area contributed by atoms with Gasteiger partial charge in [0.1, 0.15) is 5.75 Å². The number of carboxylic acid groups (broad SMARTS) is 1. The lowest BCUT2D eigenvalue weighted by molar-refractivity contribution is -0.185. The van der Waals surface area contributed by atoms with Gasteiger partial charge < -0.3 is 15.6 Å². The minimum absolute atomic E-state index is 0.0919. The van der Waals surface area contributed by atoms with Gasteiger partial charge in [-0.3, -0.25) is 9.69 Å². The van der Waals surface area contributed by atoms with Crippen LogP contribution in [-0.2, 0) is 4.79 Å². The number of halogens is 3. The number of aliphatic carboxylic acids is 1. The number of carbonyl (C=O) groups is 1. The first-order valence-electron chi connectivity index (χ1n) is 13.2. The Kier molecular flexibility index (Phi) is 6.83. The normalized spacial score (nSPS) is 30.2. The Morgan fingerprint density at radius 3 is 2.33 bits per heavy atom. The molecular formula is C28H35F3N2O3. The first-order valence-corrected chi connectivity index (χ1v) is 13.2. The third-order valence-electron chi connectivity index (χ3n) is 8.79. The number of nitrogens with two attached hydrogens (primary N) is 1. The molecule has 2 aromatic carbocycles. The Bertz CT molecular complexity index is 1100. The van der Waals surface area contributed by atoms with Gasteiger partial charge in [-0.25, -0.2) is 0 Å². The third-order valence-corrected chi connectivity index (χ3v) is 8.79. The average Bonchev–Trinajstić information content (AvgIpc) is 2.84. The summed E-state index contributed by atoms with van der Waals surface area (Å²) in [6, 6.07) is 10.8. The standard InChI is InChI=1S/C28H35F3N2O3/c1-16(33-21-3-2-4-22(33)15-19(14-21)27(34)35)17-5-11-24-18(13-17)6-12-25(26(24)32)36-23-9-7-20(8-10-23)28(29,30)31/h5-6,11-13,16,19-23H,2-4,7-10,14-15,32H2,1H3,(H,34,35)/t16?,19?,20-,21?,22?,23+. The molecule has 2 aliphatic heterocycles. The van der Waals surface area contributed by atoms with E-state index in [0.717, 1.165) is 30.0 Å². The first kappa shape index (κ1) is 25.2. The maximum absolute atomic E-state index is 13.0. The minimum atomic E-state index is -4.13. The number of anilines is 1. The van der Waals surface area contributed by atoms with E-state index in [1.165, 1.54) is 5.56 Å². The molecule has 2 heterocycles. The van der Waals surface area contributed by atoms with Crippen LogP contribution in [0.4, 0.5) is 18.9 Å². The summed E-state index contributed by atoms with van der Waals surface area (Å²) in [7, 11) is 0. The van der Waals surface area contributed by atoms with Crippen molar-refractivity contribution in [2.75, 3.05) is 5.73 Å². The van der Waals surface area contributed by atoms with E-state index in [9.17, 15) is 23.1 Å². The summed E-state index contributed by atoms with van der Waals surface area (Å²) in [5.41, 5.74) is 8.14. The molecule has 36 heavy (non-hydrogen) atoms. The smallest absolute Gasteiger partial charge is 0.391 e. The molecule has 3 N–H and O–H groups in total. The molecule has 2 aromatic rings. The Balaban J connectivity index is 1.31. The lowest BCUT2D eigenvalue weighted by atomic mass is 9.77. The van der Waals surface area contributed by atoms with Crippen LogP contribution < -0.4 is 10.5 Å². The van der Waals surface area contributed by atoms with Crippen molar-refractivity contribution < 1.29 is 27.8 Å². The van der Waals surface area contributed by atoms with Crippen molar-refractivity contribution in [3.8, 4) is 5.75 Å². The van der Waals surface area contributed by atoms with Crippen LogP contribution in [-0.4, -0.2) is 40.3 Å². The van der Waals surface area contributed by atoms with Crippen molar-refractivity contribution in [1.29, 1.82) is 0 Å². The molecule has 5 nitrogen and oxygen atoms in total. The molecule has 5 rings (SSSR count). The lowest BCUT2D eigenvalue weighted by Gasteiger charge is -2.51. The molecule has 0 aromatic heterocycles. The third kappa shape index (κ3) is 4.89. The number of piperidine rings is 2. The van der Waals surface area contributed by atoms with Gasteiger partial charge in [0.25, 0.3) is 0 Å². The molecule has 2 saturated heterocycles. The van der Waals surface area contributed by atoms with Gasteiger partial charge in [0, 0.05) is 23.5 Å². The van der Waals surface area contributed by atoms with Crippen molar-refractivity contribution >= 4 is 22.4 Å². The monoisotopic (exact) mass is 504 g/mol. The zero-order valence-electron chi connectivity index (χ0n) is 20.6. The van der Waals surface area contributed by atoms with E-state index in [1.807, 2.05) is 18.2 Å². The van der Waals surface area contributed by atoms with Crippen molar-refractivity contribution in [3.63, 3.8) is 0 Å². The van der Waals surface area contributed by atoms with Gasteiger partial charge in [0.2, 0.25) is 0 Å². The maximum Gasteiger partial charge on any atom is 0.391 e. The molecule has 3 aliphatic rings. The number of ether oxygens (including phenoxy) is 1. The van der Waals surface area contributed by atoms with Crippen LogP contribution in [0.3, 0.4) is 0 Å². The highest BCUT2D eigenvalue weighted by Crippen LogP contribution is 2.43.